The normalized spacial score (nSPS) is 23.1. The molecule has 1 fully saturated rings. The lowest BCUT2D eigenvalue weighted by Crippen LogP contribution is -2.43. The van der Waals surface area contributed by atoms with Crippen LogP contribution in [-0.4, -0.2) is 15.7 Å². The minimum Gasteiger partial charge on any atom is -0.301 e. The van der Waals surface area contributed by atoms with E-state index in [1.165, 1.54) is 37.7 Å². The van der Waals surface area contributed by atoms with Crippen molar-refractivity contribution < 1.29 is 0 Å². The quantitative estimate of drug-likeness (QED) is 0.627. The second-order valence-electron chi connectivity index (χ2n) is 7.61. The third-order valence-corrected chi connectivity index (χ3v) is 6.84. The fraction of sp³-hybridized carbons (Fsp3) is 0.524. The molecule has 1 N–H and O–H groups in total. The van der Waals surface area contributed by atoms with Crippen LogP contribution in [0.1, 0.15) is 57.1 Å². The van der Waals surface area contributed by atoms with E-state index in [9.17, 15) is 4.79 Å². The van der Waals surface area contributed by atoms with Crippen LogP contribution in [0.4, 0.5) is 0 Å². The molecule has 1 heterocycles. The molecule has 3 nitrogen and oxygen atoms in total. The molecule has 2 aliphatic carbocycles. The molecule has 4 rings (SSSR count). The first-order chi connectivity index (χ1) is 12.1. The van der Waals surface area contributed by atoms with Gasteiger partial charge in [-0.05, 0) is 36.5 Å². The maximum Gasteiger partial charge on any atom is 0.255 e. The summed E-state index contributed by atoms with van der Waals surface area (Å²) < 4.78 is 0. The average molecular weight is 355 g/mol. The molecule has 1 atom stereocenters. The zero-order chi connectivity index (χ0) is 17.4. The molecule has 1 aromatic heterocycles. The zero-order valence-corrected chi connectivity index (χ0v) is 15.9. The monoisotopic (exact) mass is 354 g/mol. The summed E-state index contributed by atoms with van der Waals surface area (Å²) in [5, 5.41) is 0.744. The summed E-state index contributed by atoms with van der Waals surface area (Å²) in [6.07, 6.45) is 7.30. The van der Waals surface area contributed by atoms with Crippen molar-refractivity contribution in [3.63, 3.8) is 0 Å². The van der Waals surface area contributed by atoms with E-state index in [1.807, 2.05) is 0 Å². The van der Waals surface area contributed by atoms with Gasteiger partial charge >= 0.3 is 0 Å². The summed E-state index contributed by atoms with van der Waals surface area (Å²) in [7, 11) is 0. The van der Waals surface area contributed by atoms with Crippen LogP contribution in [0.3, 0.4) is 0 Å². The van der Waals surface area contributed by atoms with Gasteiger partial charge in [0.1, 0.15) is 0 Å². The highest BCUT2D eigenvalue weighted by Gasteiger charge is 2.44. The number of thioether (sulfide) groups is 1. The minimum atomic E-state index is -0.111. The Bertz CT molecular complexity index is 838. The second-order valence-corrected chi connectivity index (χ2v) is 8.87. The van der Waals surface area contributed by atoms with E-state index in [4.69, 9.17) is 4.98 Å². The molecule has 2 aromatic rings. The molecular weight excluding hydrogens is 328 g/mol. The number of aromatic amines is 1. The van der Waals surface area contributed by atoms with E-state index in [1.54, 1.807) is 11.8 Å². The van der Waals surface area contributed by atoms with Gasteiger partial charge in [-0.1, -0.05) is 69.1 Å². The molecule has 0 spiro atoms. The van der Waals surface area contributed by atoms with Crippen molar-refractivity contribution in [2.75, 3.05) is 5.75 Å². The highest BCUT2D eigenvalue weighted by molar-refractivity contribution is 7.99. The number of rotatable bonds is 3. The summed E-state index contributed by atoms with van der Waals surface area (Å²) in [4.78, 5) is 21.1. The van der Waals surface area contributed by atoms with Crippen molar-refractivity contribution in [1.82, 2.24) is 9.97 Å². The smallest absolute Gasteiger partial charge is 0.255 e. The number of nitrogens with zero attached hydrogens (tertiary/aromatic N) is 1. The van der Waals surface area contributed by atoms with Gasteiger partial charge < -0.3 is 4.98 Å². The molecule has 0 radical (unpaired) electrons. The summed E-state index contributed by atoms with van der Waals surface area (Å²) in [6, 6.07) is 8.51. The lowest BCUT2D eigenvalue weighted by Gasteiger charge is -2.43. The summed E-state index contributed by atoms with van der Waals surface area (Å²) in [5.41, 5.74) is 4.31. The molecule has 132 valence electrons. The van der Waals surface area contributed by atoms with E-state index in [0.29, 0.717) is 5.92 Å². The van der Waals surface area contributed by atoms with Crippen molar-refractivity contribution >= 4 is 11.8 Å². The van der Waals surface area contributed by atoms with Crippen LogP contribution in [0.15, 0.2) is 34.2 Å². The van der Waals surface area contributed by atoms with Crippen molar-refractivity contribution in [2.24, 2.45) is 5.92 Å². The zero-order valence-electron chi connectivity index (χ0n) is 15.1. The SMILES string of the molecule is CCSc1nc2c(c(=O)[nH]1)C(C)(C1CCCCC1)Cc1ccccc1-2. The van der Waals surface area contributed by atoms with Gasteiger partial charge in [-0.2, -0.15) is 0 Å². The van der Waals surface area contributed by atoms with Crippen LogP contribution < -0.4 is 5.56 Å². The molecule has 0 saturated heterocycles. The van der Waals surface area contributed by atoms with Crippen molar-refractivity contribution in [3.8, 4) is 11.3 Å². The molecule has 1 unspecified atom stereocenters. The molecule has 0 bridgehead atoms. The van der Waals surface area contributed by atoms with Gasteiger partial charge in [-0.25, -0.2) is 4.98 Å². The molecule has 1 saturated carbocycles. The largest absolute Gasteiger partial charge is 0.301 e. The van der Waals surface area contributed by atoms with Crippen LogP contribution >= 0.6 is 11.8 Å². The third-order valence-electron chi connectivity index (χ3n) is 6.09. The van der Waals surface area contributed by atoms with Crippen LogP contribution in [-0.2, 0) is 11.8 Å². The van der Waals surface area contributed by atoms with Crippen molar-refractivity contribution in [3.05, 3.63) is 45.7 Å². The van der Waals surface area contributed by atoms with Crippen LogP contribution in [0.2, 0.25) is 0 Å². The molecule has 1 aromatic carbocycles. The van der Waals surface area contributed by atoms with Gasteiger partial charge in [0.05, 0.1) is 11.3 Å². The van der Waals surface area contributed by atoms with Gasteiger partial charge in [-0.3, -0.25) is 4.79 Å². The Balaban J connectivity index is 1.93. The number of aromatic nitrogens is 2. The molecule has 25 heavy (non-hydrogen) atoms. The standard InChI is InChI=1S/C21H26N2OS/c1-3-25-20-22-18-16-12-8-7-9-14(16)13-21(2,17(18)19(24)23-20)15-10-5-4-6-11-15/h7-9,12,15H,3-6,10-11,13H2,1-2H3,(H,22,23,24). The van der Waals surface area contributed by atoms with Crippen molar-refractivity contribution in [1.29, 1.82) is 0 Å². The molecule has 4 heteroatoms. The molecule has 0 amide bonds. The second kappa shape index (κ2) is 6.64. The van der Waals surface area contributed by atoms with Gasteiger partial charge in [0, 0.05) is 11.0 Å². The molecule has 2 aliphatic rings. The number of benzene rings is 1. The van der Waals surface area contributed by atoms with E-state index >= 15 is 0 Å². The summed E-state index contributed by atoms with van der Waals surface area (Å²) in [5.74, 6) is 1.48. The Kier molecular flexibility index (Phi) is 4.48. The van der Waals surface area contributed by atoms with Gasteiger partial charge in [0.2, 0.25) is 0 Å². The van der Waals surface area contributed by atoms with E-state index in [0.717, 1.165) is 34.2 Å². The number of fused-ring (bicyclic) bond motifs is 3. The maximum absolute atomic E-state index is 13.1. The summed E-state index contributed by atoms with van der Waals surface area (Å²) in [6.45, 7) is 4.39. The Morgan fingerprint density at radius 3 is 2.76 bits per heavy atom. The predicted molar refractivity (Wildman–Crippen MR) is 104 cm³/mol. The van der Waals surface area contributed by atoms with Crippen LogP contribution in [0.5, 0.6) is 0 Å². The van der Waals surface area contributed by atoms with Gasteiger partial charge in [0.25, 0.3) is 5.56 Å². The fourth-order valence-corrected chi connectivity index (χ4v) is 5.45. The first kappa shape index (κ1) is 16.9. The van der Waals surface area contributed by atoms with Crippen LogP contribution in [0, 0.1) is 5.92 Å². The third kappa shape index (κ3) is 2.84. The van der Waals surface area contributed by atoms with Gasteiger partial charge in [0.15, 0.2) is 5.16 Å². The first-order valence-corrected chi connectivity index (χ1v) is 10.5. The van der Waals surface area contributed by atoms with E-state index < -0.39 is 0 Å². The molecule has 0 aliphatic heterocycles. The highest BCUT2D eigenvalue weighted by atomic mass is 32.2. The van der Waals surface area contributed by atoms with Crippen molar-refractivity contribution in [2.45, 2.75) is 62.9 Å². The van der Waals surface area contributed by atoms with E-state index in [-0.39, 0.29) is 11.0 Å². The fourth-order valence-electron chi connectivity index (χ4n) is 4.86. The number of hydrogen-bond acceptors (Lipinski definition) is 3. The Hall–Kier alpha value is -1.55. The predicted octanol–water partition coefficient (Wildman–Crippen LogP) is 4.94. The first-order valence-electron chi connectivity index (χ1n) is 9.49. The molecular formula is C21H26N2OS. The Morgan fingerprint density at radius 1 is 1.24 bits per heavy atom. The summed E-state index contributed by atoms with van der Waals surface area (Å²) >= 11 is 1.61. The minimum absolute atomic E-state index is 0.0727. The Labute approximate surface area is 153 Å². The number of hydrogen-bond donors (Lipinski definition) is 1. The van der Waals surface area contributed by atoms with Gasteiger partial charge in [-0.15, -0.1) is 0 Å². The van der Waals surface area contributed by atoms with Crippen LogP contribution in [0.25, 0.3) is 11.3 Å². The highest BCUT2D eigenvalue weighted by Crippen LogP contribution is 2.48. The lowest BCUT2D eigenvalue weighted by atomic mass is 9.60. The lowest BCUT2D eigenvalue weighted by molar-refractivity contribution is 0.213. The maximum atomic E-state index is 13.1. The topological polar surface area (TPSA) is 45.8 Å². The van der Waals surface area contributed by atoms with E-state index in [2.05, 4.69) is 43.1 Å². The number of H-pyrrole nitrogens is 1. The number of nitrogens with one attached hydrogen (secondary N) is 1. The Morgan fingerprint density at radius 2 is 2.00 bits per heavy atom. The average Bonchev–Trinajstić information content (AvgIpc) is 2.62.